The maximum absolute atomic E-state index is 12.7. The van der Waals surface area contributed by atoms with Crippen LogP contribution < -0.4 is 10.6 Å². The summed E-state index contributed by atoms with van der Waals surface area (Å²) in [6.45, 7) is 0. The highest BCUT2D eigenvalue weighted by Gasteiger charge is 2.31. The summed E-state index contributed by atoms with van der Waals surface area (Å²) in [6.07, 6.45) is 5.38. The molecule has 5 nitrogen and oxygen atoms in total. The van der Waals surface area contributed by atoms with Crippen LogP contribution in [0.3, 0.4) is 0 Å². The van der Waals surface area contributed by atoms with Gasteiger partial charge in [-0.3, -0.25) is 9.59 Å². The summed E-state index contributed by atoms with van der Waals surface area (Å²) in [5, 5.41) is 8.16. The fourth-order valence-corrected chi connectivity index (χ4v) is 4.50. The number of carbonyl (C=O) groups excluding carboxylic acids is 2. The Labute approximate surface area is 171 Å². The maximum Gasteiger partial charge on any atom is 0.271 e. The lowest BCUT2D eigenvalue weighted by Crippen LogP contribution is -2.50. The summed E-state index contributed by atoms with van der Waals surface area (Å²) in [5.41, 5.74) is 1.36. The molecule has 3 rings (SSSR count). The lowest BCUT2D eigenvalue weighted by Gasteiger charge is -2.29. The van der Waals surface area contributed by atoms with Gasteiger partial charge in [0.15, 0.2) is 0 Å². The molecule has 1 atom stereocenters. The van der Waals surface area contributed by atoms with E-state index < -0.39 is 6.04 Å². The highest BCUT2D eigenvalue weighted by molar-refractivity contribution is 14.1. The number of carbonyl (C=O) groups is 2. The molecule has 0 aliphatic heterocycles. The molecule has 1 fully saturated rings. The van der Waals surface area contributed by atoms with Crippen molar-refractivity contribution in [3.8, 4) is 10.6 Å². The van der Waals surface area contributed by atoms with Crippen LogP contribution >= 0.6 is 33.9 Å². The molecule has 1 saturated carbocycles. The minimum absolute atomic E-state index is 0.127. The van der Waals surface area contributed by atoms with Crippen molar-refractivity contribution in [2.45, 2.75) is 38.1 Å². The molecule has 1 aromatic carbocycles. The summed E-state index contributed by atoms with van der Waals surface area (Å²) in [6, 6.07) is 7.54. The SMILES string of the molecule is CNC(=O)[C@@H](NC(=O)c1csc(-c2ccc(I)cc2)n1)C1CCCCC1. The van der Waals surface area contributed by atoms with Gasteiger partial charge in [0.2, 0.25) is 5.91 Å². The van der Waals surface area contributed by atoms with Crippen LogP contribution in [0.1, 0.15) is 42.6 Å². The summed E-state index contributed by atoms with van der Waals surface area (Å²) in [7, 11) is 1.61. The monoisotopic (exact) mass is 483 g/mol. The Morgan fingerprint density at radius 2 is 1.88 bits per heavy atom. The normalized spacial score (nSPS) is 16.1. The zero-order chi connectivity index (χ0) is 18.5. The third kappa shape index (κ3) is 4.62. The number of aromatic nitrogens is 1. The third-order valence-electron chi connectivity index (χ3n) is 4.76. The molecule has 0 saturated heterocycles. The first-order valence-corrected chi connectivity index (χ1v) is 10.8. The van der Waals surface area contributed by atoms with Gasteiger partial charge in [0, 0.05) is 21.6 Å². The molecule has 2 amide bonds. The topological polar surface area (TPSA) is 71.1 Å². The number of hydrogen-bond donors (Lipinski definition) is 2. The van der Waals surface area contributed by atoms with Crippen molar-refractivity contribution >= 4 is 45.7 Å². The van der Waals surface area contributed by atoms with Crippen LogP contribution in [-0.2, 0) is 4.79 Å². The number of benzene rings is 1. The summed E-state index contributed by atoms with van der Waals surface area (Å²) < 4.78 is 1.15. The molecule has 1 aliphatic carbocycles. The van der Waals surface area contributed by atoms with E-state index in [1.807, 2.05) is 24.3 Å². The zero-order valence-electron chi connectivity index (χ0n) is 14.6. The molecule has 1 aromatic heterocycles. The van der Waals surface area contributed by atoms with Gasteiger partial charge in [0.05, 0.1) is 0 Å². The highest BCUT2D eigenvalue weighted by Crippen LogP contribution is 2.28. The molecule has 0 unspecified atom stereocenters. The second kappa shape index (κ2) is 8.94. The average Bonchev–Trinajstić information content (AvgIpc) is 3.17. The first-order chi connectivity index (χ1) is 12.6. The summed E-state index contributed by atoms with van der Waals surface area (Å²) in [5.74, 6) is -0.211. The largest absolute Gasteiger partial charge is 0.357 e. The molecule has 0 spiro atoms. The van der Waals surface area contributed by atoms with Crippen molar-refractivity contribution in [3.05, 3.63) is 38.9 Å². The molecule has 2 aromatic rings. The van der Waals surface area contributed by atoms with Crippen LogP contribution in [-0.4, -0.2) is 29.9 Å². The van der Waals surface area contributed by atoms with Crippen LogP contribution in [0.2, 0.25) is 0 Å². The van der Waals surface area contributed by atoms with Crippen LogP contribution in [0.15, 0.2) is 29.6 Å². The molecule has 2 N–H and O–H groups in total. The van der Waals surface area contributed by atoms with Crippen LogP contribution in [0.5, 0.6) is 0 Å². The smallest absolute Gasteiger partial charge is 0.271 e. The van der Waals surface area contributed by atoms with Gasteiger partial charge in [0.1, 0.15) is 16.7 Å². The Hall–Kier alpha value is -1.48. The molecule has 0 bridgehead atoms. The maximum atomic E-state index is 12.7. The van der Waals surface area contributed by atoms with E-state index in [4.69, 9.17) is 0 Å². The van der Waals surface area contributed by atoms with Crippen molar-refractivity contribution in [1.29, 1.82) is 0 Å². The average molecular weight is 483 g/mol. The van der Waals surface area contributed by atoms with Gasteiger partial charge in [-0.15, -0.1) is 11.3 Å². The minimum Gasteiger partial charge on any atom is -0.357 e. The molecule has 0 radical (unpaired) electrons. The summed E-state index contributed by atoms with van der Waals surface area (Å²) >= 11 is 3.70. The standard InChI is InChI=1S/C19H22IN3O2S/c1-21-18(25)16(12-5-3-2-4-6-12)23-17(24)15-11-26-19(22-15)13-7-9-14(20)10-8-13/h7-12,16H,2-6H2,1H3,(H,21,25)(H,23,24)/t16-/m0/s1. The Balaban J connectivity index is 1.73. The Morgan fingerprint density at radius 3 is 2.54 bits per heavy atom. The molecule has 138 valence electrons. The number of halogens is 1. The van der Waals surface area contributed by atoms with E-state index >= 15 is 0 Å². The fourth-order valence-electron chi connectivity index (χ4n) is 3.34. The third-order valence-corrected chi connectivity index (χ3v) is 6.38. The summed E-state index contributed by atoms with van der Waals surface area (Å²) in [4.78, 5) is 29.4. The van der Waals surface area contributed by atoms with Crippen molar-refractivity contribution in [2.75, 3.05) is 7.05 Å². The van der Waals surface area contributed by atoms with Crippen molar-refractivity contribution in [2.24, 2.45) is 5.92 Å². The lowest BCUT2D eigenvalue weighted by atomic mass is 9.83. The lowest BCUT2D eigenvalue weighted by molar-refractivity contribution is -0.124. The van der Waals surface area contributed by atoms with Crippen molar-refractivity contribution in [3.63, 3.8) is 0 Å². The van der Waals surface area contributed by atoms with Gasteiger partial charge < -0.3 is 10.6 Å². The quantitative estimate of drug-likeness (QED) is 0.635. The van der Waals surface area contributed by atoms with E-state index in [1.54, 1.807) is 12.4 Å². The van der Waals surface area contributed by atoms with E-state index in [0.29, 0.717) is 5.69 Å². The van der Waals surface area contributed by atoms with Gasteiger partial charge in [-0.2, -0.15) is 0 Å². The molecule has 1 heterocycles. The molecule has 26 heavy (non-hydrogen) atoms. The predicted molar refractivity (Wildman–Crippen MR) is 112 cm³/mol. The van der Waals surface area contributed by atoms with Crippen LogP contribution in [0, 0.1) is 9.49 Å². The van der Waals surface area contributed by atoms with Crippen LogP contribution in [0.25, 0.3) is 10.6 Å². The first-order valence-electron chi connectivity index (χ1n) is 8.82. The van der Waals surface area contributed by atoms with E-state index in [1.165, 1.54) is 17.8 Å². The van der Waals surface area contributed by atoms with Gasteiger partial charge in [-0.25, -0.2) is 4.98 Å². The van der Waals surface area contributed by atoms with Gasteiger partial charge in [-0.05, 0) is 53.5 Å². The van der Waals surface area contributed by atoms with E-state index in [2.05, 4.69) is 38.2 Å². The number of nitrogens with zero attached hydrogens (tertiary/aromatic N) is 1. The Morgan fingerprint density at radius 1 is 1.19 bits per heavy atom. The molecule has 1 aliphatic rings. The van der Waals surface area contributed by atoms with E-state index in [9.17, 15) is 9.59 Å². The Bertz CT molecular complexity index is 769. The van der Waals surface area contributed by atoms with Crippen molar-refractivity contribution < 1.29 is 9.59 Å². The highest BCUT2D eigenvalue weighted by atomic mass is 127. The molecular weight excluding hydrogens is 461 g/mol. The predicted octanol–water partition coefficient (Wildman–Crippen LogP) is 3.84. The molecule has 7 heteroatoms. The number of hydrogen-bond acceptors (Lipinski definition) is 4. The number of nitrogens with one attached hydrogen (secondary N) is 2. The second-order valence-corrected chi connectivity index (χ2v) is 8.61. The second-order valence-electron chi connectivity index (χ2n) is 6.51. The number of amides is 2. The minimum atomic E-state index is -0.490. The van der Waals surface area contributed by atoms with Gasteiger partial charge in [-0.1, -0.05) is 31.4 Å². The first kappa shape index (κ1) is 19.3. The van der Waals surface area contributed by atoms with Crippen molar-refractivity contribution in [1.82, 2.24) is 15.6 Å². The molecular formula is C19H22IN3O2S. The Kier molecular flexibility index (Phi) is 6.63. The fraction of sp³-hybridized carbons (Fsp3) is 0.421. The number of rotatable bonds is 5. The number of thiazole rings is 1. The van der Waals surface area contributed by atoms with E-state index in [0.717, 1.165) is 39.8 Å². The van der Waals surface area contributed by atoms with Gasteiger partial charge in [0.25, 0.3) is 5.91 Å². The van der Waals surface area contributed by atoms with E-state index in [-0.39, 0.29) is 17.7 Å². The van der Waals surface area contributed by atoms with Crippen LogP contribution in [0.4, 0.5) is 0 Å². The van der Waals surface area contributed by atoms with Gasteiger partial charge >= 0.3 is 0 Å². The number of likely N-dealkylation sites (N-methyl/N-ethyl adjacent to an activating group) is 1. The zero-order valence-corrected chi connectivity index (χ0v) is 17.6.